The van der Waals surface area contributed by atoms with Gasteiger partial charge in [0.05, 0.1) is 18.2 Å². The Labute approximate surface area is 219 Å². The van der Waals surface area contributed by atoms with E-state index in [-0.39, 0.29) is 18.1 Å². The number of piperidine rings is 1. The first-order chi connectivity index (χ1) is 18.2. The molecule has 1 spiro atoms. The fourth-order valence-electron chi connectivity index (χ4n) is 5.40. The zero-order chi connectivity index (χ0) is 26.8. The number of rotatable bonds is 7. The number of nitrogens with zero attached hydrogens (tertiary/aromatic N) is 2. The molecule has 0 aromatic heterocycles. The van der Waals surface area contributed by atoms with Crippen LogP contribution in [0.15, 0.2) is 48.5 Å². The van der Waals surface area contributed by atoms with E-state index in [2.05, 4.69) is 10.2 Å². The highest BCUT2D eigenvalue weighted by atomic mass is 19.4. The highest BCUT2D eigenvalue weighted by molar-refractivity contribution is 5.94. The lowest BCUT2D eigenvalue weighted by molar-refractivity contribution is -0.137. The number of carbonyl (C=O) groups excluding carboxylic acids is 2. The first-order valence-corrected chi connectivity index (χ1v) is 13.0. The normalized spacial score (nSPS) is 21.6. The second-order valence-corrected chi connectivity index (χ2v) is 10.4. The molecule has 0 radical (unpaired) electrons. The van der Waals surface area contributed by atoms with Gasteiger partial charge in [-0.05, 0) is 48.2 Å². The molecule has 1 unspecified atom stereocenters. The fourth-order valence-corrected chi connectivity index (χ4v) is 5.40. The zero-order valence-electron chi connectivity index (χ0n) is 21.1. The molecule has 3 aliphatic rings. The quantitative estimate of drug-likeness (QED) is 0.566. The van der Waals surface area contributed by atoms with Crippen LogP contribution in [0.1, 0.15) is 52.7 Å². The summed E-state index contributed by atoms with van der Waals surface area (Å²) in [6.07, 6.45) is -1.37. The van der Waals surface area contributed by atoms with Crippen molar-refractivity contribution in [3.05, 3.63) is 70.8 Å². The van der Waals surface area contributed by atoms with E-state index in [0.29, 0.717) is 57.7 Å². The molecular formula is C28H32F3N3O4. The Morgan fingerprint density at radius 2 is 1.82 bits per heavy atom. The summed E-state index contributed by atoms with van der Waals surface area (Å²) in [5, 5.41) is 2.92. The monoisotopic (exact) mass is 531 g/mol. The van der Waals surface area contributed by atoms with Gasteiger partial charge in [-0.3, -0.25) is 14.6 Å². The second kappa shape index (κ2) is 10.9. The third-order valence-corrected chi connectivity index (χ3v) is 7.57. The number of ether oxygens (including phenoxy) is 2. The van der Waals surface area contributed by atoms with Crippen molar-refractivity contribution in [3.63, 3.8) is 0 Å². The Balaban J connectivity index is 1.12. The van der Waals surface area contributed by atoms with Crippen LogP contribution >= 0.6 is 0 Å². The smallest absolute Gasteiger partial charge is 0.416 e. The van der Waals surface area contributed by atoms with Gasteiger partial charge in [-0.25, -0.2) is 4.79 Å². The van der Waals surface area contributed by atoms with E-state index in [4.69, 9.17) is 9.47 Å². The lowest BCUT2D eigenvalue weighted by Crippen LogP contribution is -2.46. The first-order valence-electron chi connectivity index (χ1n) is 13.0. The standard InChI is InChI=1S/C28H32F3N3O4/c29-28(30,31)23-8-6-20(7-9-23)17-33-12-10-27(11-13-33)19-34(26(36)38-27)18-21-3-1-4-22(15-21)25(35)32-16-24-5-2-14-37-24/h1,3-4,6-9,15,24H,2,5,10-14,16-19H2,(H,32,35). The van der Waals surface area contributed by atoms with Crippen molar-refractivity contribution in [3.8, 4) is 0 Å². The Kier molecular flexibility index (Phi) is 7.63. The van der Waals surface area contributed by atoms with Gasteiger partial charge in [0.15, 0.2) is 0 Å². The Bertz CT molecular complexity index is 1140. The zero-order valence-corrected chi connectivity index (χ0v) is 21.1. The molecule has 3 aliphatic heterocycles. The summed E-state index contributed by atoms with van der Waals surface area (Å²) in [5.41, 5.74) is 0.993. The summed E-state index contributed by atoms with van der Waals surface area (Å²) in [6, 6.07) is 12.5. The van der Waals surface area contributed by atoms with Crippen LogP contribution in [0.4, 0.5) is 18.0 Å². The summed E-state index contributed by atoms with van der Waals surface area (Å²) < 4.78 is 49.8. The van der Waals surface area contributed by atoms with Crippen LogP contribution in [-0.4, -0.2) is 66.3 Å². The second-order valence-electron chi connectivity index (χ2n) is 10.4. The van der Waals surface area contributed by atoms with Gasteiger partial charge in [-0.1, -0.05) is 24.3 Å². The maximum Gasteiger partial charge on any atom is 0.416 e. The molecule has 1 N–H and O–H groups in total. The van der Waals surface area contributed by atoms with Gasteiger partial charge in [0.1, 0.15) is 5.60 Å². The van der Waals surface area contributed by atoms with Gasteiger partial charge in [0.2, 0.25) is 0 Å². The van der Waals surface area contributed by atoms with E-state index in [1.165, 1.54) is 12.1 Å². The minimum Gasteiger partial charge on any atom is -0.441 e. The van der Waals surface area contributed by atoms with Crippen molar-refractivity contribution in [2.45, 2.75) is 56.7 Å². The van der Waals surface area contributed by atoms with Gasteiger partial charge >= 0.3 is 12.3 Å². The lowest BCUT2D eigenvalue weighted by atomic mass is 9.91. The Hall–Kier alpha value is -3.11. The number of hydrogen-bond acceptors (Lipinski definition) is 5. The van der Waals surface area contributed by atoms with Gasteiger partial charge in [0.25, 0.3) is 5.91 Å². The number of carbonyl (C=O) groups is 2. The predicted molar refractivity (Wildman–Crippen MR) is 133 cm³/mol. The van der Waals surface area contributed by atoms with Crippen molar-refractivity contribution >= 4 is 12.0 Å². The van der Waals surface area contributed by atoms with Crippen molar-refractivity contribution in [1.29, 1.82) is 0 Å². The van der Waals surface area contributed by atoms with E-state index >= 15 is 0 Å². The number of hydrogen-bond donors (Lipinski definition) is 1. The molecule has 2 amide bonds. The first kappa shape index (κ1) is 26.5. The maximum atomic E-state index is 12.8. The van der Waals surface area contributed by atoms with Gasteiger partial charge in [-0.15, -0.1) is 0 Å². The fraction of sp³-hybridized carbons (Fsp3) is 0.500. The van der Waals surface area contributed by atoms with E-state index in [9.17, 15) is 22.8 Å². The summed E-state index contributed by atoms with van der Waals surface area (Å²) in [4.78, 5) is 29.1. The Morgan fingerprint density at radius 3 is 2.50 bits per heavy atom. The third kappa shape index (κ3) is 6.30. The van der Waals surface area contributed by atoms with Crippen LogP contribution in [0.3, 0.4) is 0 Å². The highest BCUT2D eigenvalue weighted by Gasteiger charge is 2.46. The average molecular weight is 532 g/mol. The molecule has 2 aromatic rings. The molecule has 0 saturated carbocycles. The van der Waals surface area contributed by atoms with Crippen LogP contribution in [-0.2, 0) is 28.7 Å². The minimum atomic E-state index is -4.34. The SMILES string of the molecule is O=C(NCC1CCCO1)c1cccc(CN2CC3(CCN(Cc4ccc(C(F)(F)F)cc4)CC3)OC2=O)c1. The molecule has 1 atom stereocenters. The number of nitrogens with one attached hydrogen (secondary N) is 1. The van der Waals surface area contributed by atoms with Crippen LogP contribution in [0.5, 0.6) is 0 Å². The molecule has 2 aromatic carbocycles. The molecule has 0 aliphatic carbocycles. The minimum absolute atomic E-state index is 0.0686. The van der Waals surface area contributed by atoms with Crippen LogP contribution < -0.4 is 5.32 Å². The van der Waals surface area contributed by atoms with Crippen molar-refractivity contribution in [1.82, 2.24) is 15.1 Å². The average Bonchev–Trinajstić information content (AvgIpc) is 3.52. The van der Waals surface area contributed by atoms with E-state index in [0.717, 1.165) is 42.7 Å². The molecule has 3 heterocycles. The summed E-state index contributed by atoms with van der Waals surface area (Å²) >= 11 is 0. The molecule has 10 heteroatoms. The van der Waals surface area contributed by atoms with Crippen molar-refractivity contribution in [2.75, 3.05) is 32.8 Å². The third-order valence-electron chi connectivity index (χ3n) is 7.57. The molecule has 3 fully saturated rings. The van der Waals surface area contributed by atoms with Crippen LogP contribution in [0, 0.1) is 0 Å². The van der Waals surface area contributed by atoms with Crippen molar-refractivity contribution in [2.24, 2.45) is 0 Å². The topological polar surface area (TPSA) is 71.1 Å². The molecule has 204 valence electrons. The van der Waals surface area contributed by atoms with Crippen molar-refractivity contribution < 1.29 is 32.2 Å². The van der Waals surface area contributed by atoms with E-state index < -0.39 is 17.3 Å². The maximum absolute atomic E-state index is 12.8. The number of halogens is 3. The molecule has 38 heavy (non-hydrogen) atoms. The largest absolute Gasteiger partial charge is 0.441 e. The molecule has 0 bridgehead atoms. The summed E-state index contributed by atoms with van der Waals surface area (Å²) in [7, 11) is 0. The number of benzene rings is 2. The van der Waals surface area contributed by atoms with Crippen LogP contribution in [0.25, 0.3) is 0 Å². The highest BCUT2D eigenvalue weighted by Crippen LogP contribution is 2.35. The van der Waals surface area contributed by atoms with Gasteiger partial charge in [0, 0.05) is 57.7 Å². The number of alkyl halides is 3. The molecular weight excluding hydrogens is 499 g/mol. The number of amides is 2. The Morgan fingerprint density at radius 1 is 1.05 bits per heavy atom. The van der Waals surface area contributed by atoms with Gasteiger partial charge < -0.3 is 14.8 Å². The lowest BCUT2D eigenvalue weighted by Gasteiger charge is -2.37. The molecule has 7 nitrogen and oxygen atoms in total. The van der Waals surface area contributed by atoms with Gasteiger partial charge in [-0.2, -0.15) is 13.2 Å². The molecule has 5 rings (SSSR count). The molecule has 3 saturated heterocycles. The summed E-state index contributed by atoms with van der Waals surface area (Å²) in [6.45, 7) is 3.96. The van der Waals surface area contributed by atoms with Crippen LogP contribution in [0.2, 0.25) is 0 Å². The predicted octanol–water partition coefficient (Wildman–Crippen LogP) is 4.60. The number of likely N-dealkylation sites (tertiary alicyclic amines) is 1. The van der Waals surface area contributed by atoms with E-state index in [1.807, 2.05) is 12.1 Å². The summed E-state index contributed by atoms with van der Waals surface area (Å²) in [5.74, 6) is -0.164. The van der Waals surface area contributed by atoms with E-state index in [1.54, 1.807) is 17.0 Å².